The molecule has 1 fully saturated rings. The van der Waals surface area contributed by atoms with Gasteiger partial charge in [-0.25, -0.2) is 9.97 Å². The summed E-state index contributed by atoms with van der Waals surface area (Å²) in [6, 6.07) is 16.1. The summed E-state index contributed by atoms with van der Waals surface area (Å²) in [4.78, 5) is 9.50. The van der Waals surface area contributed by atoms with Gasteiger partial charge >= 0.3 is 0 Å². The molecule has 5 nitrogen and oxygen atoms in total. The molecular weight excluding hydrogens is 443 g/mol. The molecule has 0 unspecified atom stereocenters. The second kappa shape index (κ2) is 9.00. The van der Waals surface area contributed by atoms with Gasteiger partial charge < -0.3 is 10.1 Å². The fraction of sp³-hybridized carbons (Fsp3) is 0.280. The van der Waals surface area contributed by atoms with Crippen LogP contribution in [0.5, 0.6) is 5.75 Å². The van der Waals surface area contributed by atoms with Gasteiger partial charge in [-0.3, -0.25) is 4.57 Å². The molecule has 5 rings (SSSR count). The van der Waals surface area contributed by atoms with Crippen molar-refractivity contribution >= 4 is 40.1 Å². The van der Waals surface area contributed by atoms with Crippen molar-refractivity contribution in [3.63, 3.8) is 0 Å². The van der Waals surface area contributed by atoms with Crippen LogP contribution in [0.25, 0.3) is 28.1 Å². The van der Waals surface area contributed by atoms with Crippen LogP contribution in [0.1, 0.15) is 32.1 Å². The van der Waals surface area contributed by atoms with Gasteiger partial charge in [-0.2, -0.15) is 0 Å². The quantitative estimate of drug-likeness (QED) is 0.339. The molecule has 0 bridgehead atoms. The van der Waals surface area contributed by atoms with Crippen LogP contribution in [-0.2, 0) is 0 Å². The molecule has 0 saturated heterocycles. The number of hydrogen-bond acceptors (Lipinski definition) is 4. The Balaban J connectivity index is 1.63. The molecular formula is C25H24Cl2N4O. The van der Waals surface area contributed by atoms with Gasteiger partial charge in [-0.05, 0) is 49.2 Å². The van der Waals surface area contributed by atoms with Crippen LogP contribution >= 0.6 is 23.2 Å². The monoisotopic (exact) mass is 466 g/mol. The first-order valence-corrected chi connectivity index (χ1v) is 11.6. The predicted octanol–water partition coefficient (Wildman–Crippen LogP) is 7.15. The lowest BCUT2D eigenvalue weighted by Crippen LogP contribution is -2.22. The van der Waals surface area contributed by atoms with Gasteiger partial charge in [-0.15, -0.1) is 0 Å². The first-order valence-electron chi connectivity index (χ1n) is 10.9. The molecule has 2 aromatic carbocycles. The lowest BCUT2D eigenvalue weighted by molar-refractivity contribution is 0.415. The summed E-state index contributed by atoms with van der Waals surface area (Å²) < 4.78 is 7.54. The Morgan fingerprint density at radius 1 is 0.969 bits per heavy atom. The number of aromatic nitrogens is 3. The van der Waals surface area contributed by atoms with E-state index in [2.05, 4.69) is 20.9 Å². The zero-order chi connectivity index (χ0) is 22.1. The number of nitrogens with one attached hydrogen (secondary N) is 1. The molecule has 0 spiro atoms. The van der Waals surface area contributed by atoms with Crippen molar-refractivity contribution in [3.05, 3.63) is 64.8 Å². The molecule has 2 aromatic heterocycles. The van der Waals surface area contributed by atoms with Crippen LogP contribution in [-0.4, -0.2) is 27.7 Å². The van der Waals surface area contributed by atoms with Crippen LogP contribution < -0.4 is 10.1 Å². The van der Waals surface area contributed by atoms with Crippen molar-refractivity contribution in [2.45, 2.75) is 38.1 Å². The van der Waals surface area contributed by atoms with Crippen molar-refractivity contribution in [1.82, 2.24) is 14.5 Å². The number of rotatable bonds is 5. The van der Waals surface area contributed by atoms with Gasteiger partial charge in [0.1, 0.15) is 17.4 Å². The number of benzene rings is 2. The minimum atomic E-state index is 0.477. The molecule has 1 N–H and O–H groups in total. The average molecular weight is 467 g/mol. The van der Waals surface area contributed by atoms with Crippen LogP contribution in [0, 0.1) is 0 Å². The summed E-state index contributed by atoms with van der Waals surface area (Å²) >= 11 is 12.5. The maximum absolute atomic E-state index is 6.33. The molecule has 164 valence electrons. The van der Waals surface area contributed by atoms with E-state index in [0.717, 1.165) is 39.7 Å². The van der Waals surface area contributed by atoms with E-state index >= 15 is 0 Å². The maximum atomic E-state index is 6.33. The highest BCUT2D eigenvalue weighted by Gasteiger charge is 2.18. The summed E-state index contributed by atoms with van der Waals surface area (Å²) in [5.74, 6) is 2.42. The van der Waals surface area contributed by atoms with Crippen LogP contribution in [0.4, 0.5) is 5.82 Å². The first-order chi connectivity index (χ1) is 15.6. The van der Waals surface area contributed by atoms with E-state index in [1.807, 2.05) is 42.6 Å². The largest absolute Gasteiger partial charge is 0.497 e. The average Bonchev–Trinajstić information content (AvgIpc) is 3.20. The van der Waals surface area contributed by atoms with E-state index in [1.165, 1.54) is 32.1 Å². The third-order valence-corrected chi connectivity index (χ3v) is 6.74. The summed E-state index contributed by atoms with van der Waals surface area (Å²) in [6.07, 6.45) is 8.08. The Labute approximate surface area is 197 Å². The molecule has 4 aromatic rings. The molecule has 0 amide bonds. The molecule has 1 aliphatic rings. The smallest absolute Gasteiger partial charge is 0.145 e. The van der Waals surface area contributed by atoms with E-state index < -0.39 is 0 Å². The van der Waals surface area contributed by atoms with Crippen molar-refractivity contribution in [1.29, 1.82) is 0 Å². The van der Waals surface area contributed by atoms with E-state index in [1.54, 1.807) is 13.2 Å². The van der Waals surface area contributed by atoms with Crippen molar-refractivity contribution in [2.75, 3.05) is 12.4 Å². The number of pyridine rings is 1. The van der Waals surface area contributed by atoms with Crippen molar-refractivity contribution < 1.29 is 4.74 Å². The molecule has 0 radical (unpaired) electrons. The number of methoxy groups -OCH3 is 1. The van der Waals surface area contributed by atoms with Gasteiger partial charge in [0.05, 0.1) is 33.9 Å². The molecule has 32 heavy (non-hydrogen) atoms. The number of imidazole rings is 1. The zero-order valence-corrected chi connectivity index (χ0v) is 19.3. The number of fused-ring (bicyclic) bond motifs is 1. The lowest BCUT2D eigenvalue weighted by Gasteiger charge is -2.23. The van der Waals surface area contributed by atoms with Gasteiger partial charge in [0, 0.05) is 29.9 Å². The third kappa shape index (κ3) is 4.15. The molecule has 0 aliphatic heterocycles. The van der Waals surface area contributed by atoms with Crippen LogP contribution in [0.3, 0.4) is 0 Å². The Hall–Kier alpha value is -2.76. The summed E-state index contributed by atoms with van der Waals surface area (Å²) in [6.45, 7) is 0. The van der Waals surface area contributed by atoms with E-state index in [0.29, 0.717) is 16.1 Å². The highest BCUT2D eigenvalue weighted by Crippen LogP contribution is 2.34. The van der Waals surface area contributed by atoms with Crippen molar-refractivity contribution in [3.8, 4) is 22.8 Å². The molecule has 1 aliphatic carbocycles. The third-order valence-electron chi connectivity index (χ3n) is 6.00. The second-order valence-electron chi connectivity index (χ2n) is 8.13. The second-order valence-corrected chi connectivity index (χ2v) is 8.95. The summed E-state index contributed by atoms with van der Waals surface area (Å²) in [7, 11) is 1.66. The maximum Gasteiger partial charge on any atom is 0.145 e. The number of hydrogen-bond donors (Lipinski definition) is 1. The fourth-order valence-corrected chi connectivity index (χ4v) is 4.67. The number of ether oxygens (including phenoxy) is 1. The number of halogens is 2. The van der Waals surface area contributed by atoms with Crippen LogP contribution in [0.2, 0.25) is 10.0 Å². The number of nitrogens with zero attached hydrogens (tertiary/aromatic N) is 3. The Morgan fingerprint density at radius 2 is 1.81 bits per heavy atom. The molecule has 2 heterocycles. The fourth-order valence-electron chi connectivity index (χ4n) is 4.37. The predicted molar refractivity (Wildman–Crippen MR) is 131 cm³/mol. The van der Waals surface area contributed by atoms with E-state index in [-0.39, 0.29) is 0 Å². The Bertz CT molecular complexity index is 1260. The van der Waals surface area contributed by atoms with E-state index in [4.69, 9.17) is 32.9 Å². The minimum Gasteiger partial charge on any atom is -0.497 e. The highest BCUT2D eigenvalue weighted by atomic mass is 35.5. The molecule has 0 atom stereocenters. The summed E-state index contributed by atoms with van der Waals surface area (Å²) in [5, 5.41) is 4.63. The molecule has 7 heteroatoms. The van der Waals surface area contributed by atoms with Gasteiger partial charge in [0.25, 0.3) is 0 Å². The lowest BCUT2D eigenvalue weighted by atomic mass is 9.95. The standard InChI is InChI=1S/C25H24Cl2N4O/c1-32-19-8-10-23-22(15-19)30-25(16-7-9-20(26)21(27)13-16)31(23)18-11-12-28-24(14-18)29-17-5-3-2-4-6-17/h7-15,17H,2-6H2,1H3,(H,28,29). The Morgan fingerprint density at radius 3 is 2.59 bits per heavy atom. The van der Waals surface area contributed by atoms with Gasteiger partial charge in [-0.1, -0.05) is 42.5 Å². The van der Waals surface area contributed by atoms with Gasteiger partial charge in [0.15, 0.2) is 0 Å². The van der Waals surface area contributed by atoms with E-state index in [9.17, 15) is 0 Å². The number of anilines is 1. The first kappa shape index (κ1) is 21.1. The zero-order valence-electron chi connectivity index (χ0n) is 17.8. The SMILES string of the molecule is COc1ccc2c(c1)nc(-c1ccc(Cl)c(Cl)c1)n2-c1ccnc(NC2CCCCC2)c1. The highest BCUT2D eigenvalue weighted by molar-refractivity contribution is 6.42. The topological polar surface area (TPSA) is 52.0 Å². The summed E-state index contributed by atoms with van der Waals surface area (Å²) in [5.41, 5.74) is 3.67. The van der Waals surface area contributed by atoms with Gasteiger partial charge in [0.2, 0.25) is 0 Å². The Kier molecular flexibility index (Phi) is 5.94. The normalized spacial score (nSPS) is 14.6. The van der Waals surface area contributed by atoms with Crippen molar-refractivity contribution in [2.24, 2.45) is 0 Å². The van der Waals surface area contributed by atoms with Crippen LogP contribution in [0.15, 0.2) is 54.7 Å². The molecule has 1 saturated carbocycles. The minimum absolute atomic E-state index is 0.477.